The number of carbonyl (C=O) groups is 2. The van der Waals surface area contributed by atoms with Crippen LogP contribution in [0.3, 0.4) is 0 Å². The second-order valence-electron chi connectivity index (χ2n) is 8.36. The van der Waals surface area contributed by atoms with E-state index in [0.29, 0.717) is 26.2 Å². The minimum Gasteiger partial charge on any atom is -0.444 e. The summed E-state index contributed by atoms with van der Waals surface area (Å²) in [7, 11) is 3.87. The van der Waals surface area contributed by atoms with E-state index in [1.54, 1.807) is 4.90 Å². The van der Waals surface area contributed by atoms with Crippen LogP contribution in [-0.4, -0.2) is 78.0 Å². The van der Waals surface area contributed by atoms with Crippen LogP contribution in [0.5, 0.6) is 0 Å². The smallest absolute Gasteiger partial charge is 0.410 e. The van der Waals surface area contributed by atoms with Gasteiger partial charge in [-0.25, -0.2) is 4.79 Å². The Kier molecular flexibility index (Phi) is 7.69. The zero-order valence-corrected chi connectivity index (χ0v) is 17.9. The lowest BCUT2D eigenvalue weighted by atomic mass is 9.88. The molecule has 0 radical (unpaired) electrons. The summed E-state index contributed by atoms with van der Waals surface area (Å²) in [5.74, 6) is 0.208. The van der Waals surface area contributed by atoms with Crippen molar-refractivity contribution in [3.8, 4) is 0 Å². The van der Waals surface area contributed by atoms with Crippen molar-refractivity contribution in [2.75, 3.05) is 40.3 Å². The quantitative estimate of drug-likeness (QED) is 0.702. The van der Waals surface area contributed by atoms with Gasteiger partial charge in [0.1, 0.15) is 5.60 Å². The number of nitrogens with zero attached hydrogens (tertiary/aromatic N) is 3. The van der Waals surface area contributed by atoms with E-state index in [4.69, 9.17) is 4.74 Å². The van der Waals surface area contributed by atoms with Gasteiger partial charge in [-0.3, -0.25) is 9.69 Å². The zero-order chi connectivity index (χ0) is 20.1. The third-order valence-corrected chi connectivity index (χ3v) is 4.72. The third kappa shape index (κ3) is 6.01. The second-order valence-corrected chi connectivity index (χ2v) is 8.36. The largest absolute Gasteiger partial charge is 0.444 e. The van der Waals surface area contributed by atoms with Gasteiger partial charge >= 0.3 is 6.09 Å². The van der Waals surface area contributed by atoms with Gasteiger partial charge in [0.25, 0.3) is 0 Å². The molecule has 6 nitrogen and oxygen atoms in total. The lowest BCUT2D eigenvalue weighted by Gasteiger charge is -2.44. The second kappa shape index (κ2) is 8.89. The van der Waals surface area contributed by atoms with Crippen molar-refractivity contribution >= 4 is 11.9 Å². The number of ketones is 1. The minimum atomic E-state index is -0.467. The predicted octanol–water partition coefficient (Wildman–Crippen LogP) is 3.13. The number of ether oxygens (including phenoxy) is 1. The van der Waals surface area contributed by atoms with Crippen LogP contribution in [-0.2, 0) is 9.53 Å². The summed E-state index contributed by atoms with van der Waals surface area (Å²) < 4.78 is 5.45. The molecule has 2 saturated heterocycles. The first kappa shape index (κ1) is 22.5. The van der Waals surface area contributed by atoms with Crippen LogP contribution in [0.15, 0.2) is 11.8 Å². The van der Waals surface area contributed by atoms with Crippen LogP contribution in [0.4, 0.5) is 4.79 Å². The molecular weight excluding hydrogens is 330 g/mol. The van der Waals surface area contributed by atoms with Gasteiger partial charge in [0, 0.05) is 51.0 Å². The molecule has 0 aromatic rings. The molecule has 1 amide bonds. The van der Waals surface area contributed by atoms with Crippen molar-refractivity contribution in [1.29, 1.82) is 0 Å². The molecule has 0 unspecified atom stereocenters. The Hall–Kier alpha value is -1.56. The van der Waals surface area contributed by atoms with Gasteiger partial charge < -0.3 is 14.5 Å². The summed E-state index contributed by atoms with van der Waals surface area (Å²) in [6, 6.07) is 0. The van der Waals surface area contributed by atoms with E-state index in [1.807, 2.05) is 59.8 Å². The van der Waals surface area contributed by atoms with Crippen LogP contribution in [0.1, 0.15) is 54.4 Å². The fourth-order valence-electron chi connectivity index (χ4n) is 3.24. The number of carbonyl (C=O) groups excluding carboxylic acids is 2. The molecule has 0 aromatic heterocycles. The van der Waals surface area contributed by atoms with Crippen molar-refractivity contribution in [1.82, 2.24) is 14.7 Å². The van der Waals surface area contributed by atoms with Gasteiger partial charge in [0.2, 0.25) is 0 Å². The van der Waals surface area contributed by atoms with Crippen molar-refractivity contribution < 1.29 is 14.3 Å². The van der Waals surface area contributed by atoms with E-state index >= 15 is 0 Å². The first-order valence-electron chi connectivity index (χ1n) is 9.63. The molecular formula is C20H37N3O3. The molecule has 2 aliphatic rings. The molecule has 2 fully saturated rings. The maximum absolute atomic E-state index is 12.2. The van der Waals surface area contributed by atoms with Crippen molar-refractivity contribution in [3.63, 3.8) is 0 Å². The molecule has 0 saturated carbocycles. The molecule has 0 aliphatic carbocycles. The molecule has 26 heavy (non-hydrogen) atoms. The highest BCUT2D eigenvalue weighted by atomic mass is 16.6. The highest BCUT2D eigenvalue weighted by Gasteiger charge is 2.42. The van der Waals surface area contributed by atoms with Gasteiger partial charge in [-0.15, -0.1) is 0 Å². The highest BCUT2D eigenvalue weighted by molar-refractivity contribution is 5.99. The summed E-state index contributed by atoms with van der Waals surface area (Å²) in [6.07, 6.45) is 3.39. The number of hydrogen-bond acceptors (Lipinski definition) is 5. The number of rotatable bonds is 2. The topological polar surface area (TPSA) is 53.1 Å². The molecule has 0 atom stereocenters. The number of amides is 1. The summed E-state index contributed by atoms with van der Waals surface area (Å²) in [5, 5.41) is 0. The average Bonchev–Trinajstić information content (AvgIpc) is 2.89. The Labute approximate surface area is 159 Å². The summed E-state index contributed by atoms with van der Waals surface area (Å²) in [6.45, 7) is 14.4. The Morgan fingerprint density at radius 2 is 1.69 bits per heavy atom. The van der Waals surface area contributed by atoms with E-state index in [-0.39, 0.29) is 17.4 Å². The van der Waals surface area contributed by atoms with E-state index in [9.17, 15) is 9.59 Å². The van der Waals surface area contributed by atoms with Gasteiger partial charge in [0.05, 0.1) is 6.54 Å². The van der Waals surface area contributed by atoms with Crippen LogP contribution >= 0.6 is 0 Å². The summed E-state index contributed by atoms with van der Waals surface area (Å²) in [5.41, 5.74) is 0.358. The lowest BCUT2D eigenvalue weighted by molar-refractivity contribution is -0.115. The summed E-state index contributed by atoms with van der Waals surface area (Å²) in [4.78, 5) is 30.4. The minimum absolute atomic E-state index is 0.0456. The monoisotopic (exact) mass is 367 g/mol. The summed E-state index contributed by atoms with van der Waals surface area (Å²) >= 11 is 0. The number of piperidine rings is 1. The normalized spacial score (nSPS) is 22.1. The van der Waals surface area contributed by atoms with Crippen LogP contribution < -0.4 is 0 Å². The molecule has 6 heteroatoms. The molecule has 2 aliphatic heterocycles. The predicted molar refractivity (Wildman–Crippen MR) is 105 cm³/mol. The van der Waals surface area contributed by atoms with Gasteiger partial charge in [-0.05, 0) is 40.5 Å². The number of Topliss-reactive ketones (excluding diaryl/α,β-unsaturated/α-hetero) is 1. The average molecular weight is 368 g/mol. The Morgan fingerprint density at radius 1 is 1.15 bits per heavy atom. The number of hydrogen-bond donors (Lipinski definition) is 0. The Morgan fingerprint density at radius 3 is 2.15 bits per heavy atom. The van der Waals surface area contributed by atoms with E-state index < -0.39 is 5.60 Å². The fourth-order valence-corrected chi connectivity index (χ4v) is 3.24. The molecule has 0 bridgehead atoms. The van der Waals surface area contributed by atoms with Gasteiger partial charge in [0.15, 0.2) is 5.78 Å². The zero-order valence-electron chi connectivity index (χ0n) is 17.9. The van der Waals surface area contributed by atoms with Crippen molar-refractivity contribution in [2.24, 2.45) is 0 Å². The third-order valence-electron chi connectivity index (χ3n) is 4.72. The first-order valence-corrected chi connectivity index (χ1v) is 9.63. The van der Waals surface area contributed by atoms with Gasteiger partial charge in [-0.1, -0.05) is 13.8 Å². The Balaban J connectivity index is 0.00000163. The van der Waals surface area contributed by atoms with Crippen LogP contribution in [0, 0.1) is 0 Å². The van der Waals surface area contributed by atoms with E-state index in [1.165, 1.54) is 0 Å². The van der Waals surface area contributed by atoms with Gasteiger partial charge in [-0.2, -0.15) is 0 Å². The van der Waals surface area contributed by atoms with E-state index in [0.717, 1.165) is 18.4 Å². The first-order chi connectivity index (χ1) is 12.0. The molecule has 0 N–H and O–H groups in total. The Bertz CT molecular complexity index is 527. The SMILES string of the molecule is CC.CN(C)/C=C1/CN(C2(C)CCN(C(=O)OC(C)(C)C)CC2)CC1=O. The van der Waals surface area contributed by atoms with Crippen LogP contribution in [0.2, 0.25) is 0 Å². The fraction of sp³-hybridized carbons (Fsp3) is 0.800. The highest BCUT2D eigenvalue weighted by Crippen LogP contribution is 2.32. The standard InChI is InChI=1S/C18H31N3O3.C2H6/c1-17(2,3)24-16(23)20-9-7-18(4,8-10-20)21-12-14(11-19(5)6)15(22)13-21;1-2/h11H,7-10,12-13H2,1-6H3;1-2H3/b14-11-;. The molecule has 2 heterocycles. The maximum atomic E-state index is 12.2. The molecule has 0 aromatic carbocycles. The van der Waals surface area contributed by atoms with Crippen molar-refractivity contribution in [3.05, 3.63) is 11.8 Å². The molecule has 150 valence electrons. The number of likely N-dealkylation sites (tertiary alicyclic amines) is 2. The lowest BCUT2D eigenvalue weighted by Crippen LogP contribution is -2.54. The van der Waals surface area contributed by atoms with Crippen molar-refractivity contribution in [2.45, 2.75) is 65.5 Å². The molecule has 2 rings (SSSR count). The molecule has 0 spiro atoms. The van der Waals surface area contributed by atoms with Crippen LogP contribution in [0.25, 0.3) is 0 Å². The van der Waals surface area contributed by atoms with E-state index in [2.05, 4.69) is 11.8 Å². The maximum Gasteiger partial charge on any atom is 0.410 e.